The summed E-state index contributed by atoms with van der Waals surface area (Å²) in [6.45, 7) is 2.09. The highest BCUT2D eigenvalue weighted by Gasteiger charge is 2.25. The molecule has 1 aromatic rings. The highest BCUT2D eigenvalue weighted by Crippen LogP contribution is 2.08. The molecule has 1 aliphatic rings. The van der Waals surface area contributed by atoms with Crippen molar-refractivity contribution >= 4 is 6.09 Å². The van der Waals surface area contributed by atoms with Crippen molar-refractivity contribution in [3.05, 3.63) is 35.9 Å². The van der Waals surface area contributed by atoms with Crippen LogP contribution in [0, 0.1) is 5.92 Å². The third-order valence-corrected chi connectivity index (χ3v) is 3.03. The molecule has 0 saturated carbocycles. The maximum atomic E-state index is 11.4. The van der Waals surface area contributed by atoms with Gasteiger partial charge in [0.25, 0.3) is 0 Å². The number of carbonyl (C=O) groups excluding carboxylic acids is 1. The lowest BCUT2D eigenvalue weighted by molar-refractivity contribution is 0.0715. The molecule has 0 aliphatic carbocycles. The van der Waals surface area contributed by atoms with Crippen molar-refractivity contribution in [1.29, 1.82) is 0 Å². The molecule has 1 aliphatic heterocycles. The summed E-state index contributed by atoms with van der Waals surface area (Å²) in [7, 11) is 0. The van der Waals surface area contributed by atoms with E-state index in [1.807, 2.05) is 30.3 Å². The predicted octanol–water partition coefficient (Wildman–Crippen LogP) is 0.493. The Morgan fingerprint density at radius 1 is 1.44 bits per heavy atom. The molecular formula is C13H18N2O3. The smallest absolute Gasteiger partial charge is 0.407 e. The fourth-order valence-corrected chi connectivity index (χ4v) is 1.71. The Labute approximate surface area is 106 Å². The molecule has 1 fully saturated rings. The van der Waals surface area contributed by atoms with E-state index in [4.69, 9.17) is 4.74 Å². The Bertz CT molecular complexity index is 379. The molecule has 5 heteroatoms. The molecule has 98 valence electrons. The van der Waals surface area contributed by atoms with Gasteiger partial charge in [0, 0.05) is 25.6 Å². The second kappa shape index (κ2) is 6.37. The second-order valence-corrected chi connectivity index (χ2v) is 4.43. The van der Waals surface area contributed by atoms with Gasteiger partial charge in [-0.3, -0.25) is 0 Å². The van der Waals surface area contributed by atoms with E-state index in [1.165, 1.54) is 0 Å². The first-order valence-corrected chi connectivity index (χ1v) is 6.09. The number of carbonyl (C=O) groups is 1. The zero-order valence-corrected chi connectivity index (χ0v) is 10.1. The van der Waals surface area contributed by atoms with E-state index in [0.29, 0.717) is 0 Å². The number of benzene rings is 1. The quantitative estimate of drug-likeness (QED) is 0.711. The van der Waals surface area contributed by atoms with Crippen LogP contribution in [-0.4, -0.2) is 36.9 Å². The minimum atomic E-state index is -0.504. The average molecular weight is 250 g/mol. The first-order valence-electron chi connectivity index (χ1n) is 6.09. The summed E-state index contributed by atoms with van der Waals surface area (Å²) in [6.07, 6.45) is -0.999. The molecule has 0 bridgehead atoms. The van der Waals surface area contributed by atoms with Crippen LogP contribution in [0.3, 0.4) is 0 Å². The van der Waals surface area contributed by atoms with Crippen molar-refractivity contribution in [3.63, 3.8) is 0 Å². The maximum Gasteiger partial charge on any atom is 0.407 e. The van der Waals surface area contributed by atoms with Crippen LogP contribution in [0.4, 0.5) is 4.79 Å². The zero-order chi connectivity index (χ0) is 12.8. The second-order valence-electron chi connectivity index (χ2n) is 4.43. The largest absolute Gasteiger partial charge is 0.445 e. The fraction of sp³-hybridized carbons (Fsp3) is 0.462. The van der Waals surface area contributed by atoms with Gasteiger partial charge in [-0.2, -0.15) is 0 Å². The van der Waals surface area contributed by atoms with Gasteiger partial charge in [0.1, 0.15) is 6.61 Å². The van der Waals surface area contributed by atoms with Crippen molar-refractivity contribution in [2.75, 3.05) is 19.6 Å². The Morgan fingerprint density at radius 2 is 2.17 bits per heavy atom. The predicted molar refractivity (Wildman–Crippen MR) is 67.0 cm³/mol. The number of hydrogen-bond acceptors (Lipinski definition) is 4. The molecule has 18 heavy (non-hydrogen) atoms. The topological polar surface area (TPSA) is 70.6 Å². The maximum absolute atomic E-state index is 11.4. The van der Waals surface area contributed by atoms with E-state index < -0.39 is 12.2 Å². The molecule has 2 rings (SSSR count). The van der Waals surface area contributed by atoms with Crippen LogP contribution in [0.15, 0.2) is 30.3 Å². The summed E-state index contributed by atoms with van der Waals surface area (Å²) in [5, 5.41) is 15.3. The lowest BCUT2D eigenvalue weighted by Gasteiger charge is -2.31. The van der Waals surface area contributed by atoms with Gasteiger partial charge in [0.2, 0.25) is 0 Å². The van der Waals surface area contributed by atoms with Gasteiger partial charge < -0.3 is 20.5 Å². The molecule has 0 radical (unpaired) electrons. The van der Waals surface area contributed by atoms with Gasteiger partial charge in [-0.1, -0.05) is 30.3 Å². The summed E-state index contributed by atoms with van der Waals surface area (Å²) < 4.78 is 5.03. The summed E-state index contributed by atoms with van der Waals surface area (Å²) >= 11 is 0. The molecule has 0 spiro atoms. The Morgan fingerprint density at radius 3 is 2.78 bits per heavy atom. The molecule has 1 aromatic carbocycles. The van der Waals surface area contributed by atoms with E-state index in [0.717, 1.165) is 18.7 Å². The molecule has 5 nitrogen and oxygen atoms in total. The van der Waals surface area contributed by atoms with Crippen molar-refractivity contribution in [3.8, 4) is 0 Å². The Kier molecular flexibility index (Phi) is 4.55. The zero-order valence-electron chi connectivity index (χ0n) is 10.1. The Balaban J connectivity index is 1.63. The highest BCUT2D eigenvalue weighted by atomic mass is 16.5. The monoisotopic (exact) mass is 250 g/mol. The van der Waals surface area contributed by atoms with Crippen LogP contribution in [0.25, 0.3) is 0 Å². The van der Waals surface area contributed by atoms with Crippen molar-refractivity contribution in [1.82, 2.24) is 10.6 Å². The minimum Gasteiger partial charge on any atom is -0.445 e. The third kappa shape index (κ3) is 3.72. The van der Waals surface area contributed by atoms with E-state index >= 15 is 0 Å². The van der Waals surface area contributed by atoms with Gasteiger partial charge in [0.05, 0.1) is 6.10 Å². The van der Waals surface area contributed by atoms with Crippen molar-refractivity contribution < 1.29 is 14.6 Å². The van der Waals surface area contributed by atoms with E-state index in [-0.39, 0.29) is 19.1 Å². The van der Waals surface area contributed by atoms with Crippen LogP contribution in [-0.2, 0) is 11.3 Å². The number of aliphatic hydroxyl groups excluding tert-OH is 1. The molecular weight excluding hydrogens is 232 g/mol. The van der Waals surface area contributed by atoms with Crippen LogP contribution in [0.5, 0.6) is 0 Å². The molecule has 0 unspecified atom stereocenters. The summed E-state index contributed by atoms with van der Waals surface area (Å²) in [5.74, 6) is 0.236. The summed E-state index contributed by atoms with van der Waals surface area (Å²) in [4.78, 5) is 11.4. The van der Waals surface area contributed by atoms with E-state index in [2.05, 4.69) is 10.6 Å². The third-order valence-electron chi connectivity index (χ3n) is 3.03. The molecule has 0 aromatic heterocycles. The highest BCUT2D eigenvalue weighted by molar-refractivity contribution is 5.67. The normalized spacial score (nSPS) is 16.7. The molecule has 1 atom stereocenters. The molecule has 1 amide bonds. The lowest BCUT2D eigenvalue weighted by Crippen LogP contribution is -2.51. The number of hydrogen-bond donors (Lipinski definition) is 3. The number of rotatable bonds is 5. The summed E-state index contributed by atoms with van der Waals surface area (Å²) in [5.41, 5.74) is 0.941. The minimum absolute atomic E-state index is 0.236. The number of ether oxygens (including phenoxy) is 1. The molecule has 3 N–H and O–H groups in total. The van der Waals surface area contributed by atoms with Crippen molar-refractivity contribution in [2.24, 2.45) is 5.92 Å². The SMILES string of the molecule is O=C(NC[C@H](O)C1CNC1)OCc1ccccc1. The summed E-state index contributed by atoms with van der Waals surface area (Å²) in [6, 6.07) is 9.48. The number of alkyl carbamates (subject to hydrolysis) is 1. The van der Waals surface area contributed by atoms with Gasteiger partial charge in [-0.25, -0.2) is 4.79 Å². The van der Waals surface area contributed by atoms with Crippen LogP contribution >= 0.6 is 0 Å². The first kappa shape index (κ1) is 12.9. The van der Waals surface area contributed by atoms with Gasteiger partial charge in [-0.05, 0) is 5.56 Å². The average Bonchev–Trinajstić information content (AvgIpc) is 2.33. The van der Waals surface area contributed by atoms with Crippen LogP contribution < -0.4 is 10.6 Å². The van der Waals surface area contributed by atoms with E-state index in [1.54, 1.807) is 0 Å². The molecule has 1 heterocycles. The Hall–Kier alpha value is -1.59. The molecule has 1 saturated heterocycles. The van der Waals surface area contributed by atoms with Crippen molar-refractivity contribution in [2.45, 2.75) is 12.7 Å². The van der Waals surface area contributed by atoms with Gasteiger partial charge >= 0.3 is 6.09 Å². The lowest BCUT2D eigenvalue weighted by atomic mass is 9.96. The number of nitrogens with one attached hydrogen (secondary N) is 2. The van der Waals surface area contributed by atoms with Crippen LogP contribution in [0.2, 0.25) is 0 Å². The number of amides is 1. The fourth-order valence-electron chi connectivity index (χ4n) is 1.71. The van der Waals surface area contributed by atoms with Gasteiger partial charge in [-0.15, -0.1) is 0 Å². The standard InChI is InChI=1S/C13H18N2O3/c16-12(11-6-14-7-11)8-15-13(17)18-9-10-4-2-1-3-5-10/h1-5,11-12,14,16H,6-9H2,(H,15,17)/t12-/m0/s1. The number of aliphatic hydroxyl groups is 1. The first-order chi connectivity index (χ1) is 8.75. The van der Waals surface area contributed by atoms with Gasteiger partial charge in [0.15, 0.2) is 0 Å². The van der Waals surface area contributed by atoms with E-state index in [9.17, 15) is 9.90 Å². The van der Waals surface area contributed by atoms with Crippen LogP contribution in [0.1, 0.15) is 5.56 Å².